The lowest BCUT2D eigenvalue weighted by Gasteiger charge is -2.12. The van der Waals surface area contributed by atoms with Crippen molar-refractivity contribution in [1.29, 1.82) is 0 Å². The molecule has 2 rings (SSSR count). The highest BCUT2D eigenvalue weighted by Crippen LogP contribution is 2.16. The molecule has 0 unspecified atom stereocenters. The Morgan fingerprint density at radius 3 is 2.00 bits per heavy atom. The minimum atomic E-state index is -0.696. The van der Waals surface area contributed by atoms with Crippen LogP contribution in [0.3, 0.4) is 0 Å². The maximum atomic E-state index is 11.5. The van der Waals surface area contributed by atoms with E-state index in [0.717, 1.165) is 11.4 Å². The Morgan fingerprint density at radius 2 is 1.50 bits per heavy atom. The van der Waals surface area contributed by atoms with Crippen molar-refractivity contribution in [3.8, 4) is 0 Å². The summed E-state index contributed by atoms with van der Waals surface area (Å²) in [6, 6.07) is 5.73. The van der Waals surface area contributed by atoms with Crippen LogP contribution in [0.1, 0.15) is 39.0 Å². The molecular weight excluding hydrogens is 538 g/mol. The number of carbonyl (C=O) groups is 4. The standard InChI is InChI=1S/C19H32N2O9.C5H5NS2/c1-2-3-16(22)20-7-9-27-11-13-29-15-14-28-12-10-26-8-6-19(25)30-21-17(23)4-5-18(21)24;7-8-5-3-1-2-4-6-5/h2-15H2,1H3,(H,20,22);1-4,7H. The van der Waals surface area contributed by atoms with Crippen LogP contribution in [0.5, 0.6) is 0 Å². The van der Waals surface area contributed by atoms with Gasteiger partial charge in [-0.15, -0.1) is 16.7 Å². The van der Waals surface area contributed by atoms with Crippen LogP contribution in [0, 0.1) is 0 Å². The second-order valence-corrected chi connectivity index (χ2v) is 8.75. The molecule has 1 fully saturated rings. The van der Waals surface area contributed by atoms with Gasteiger partial charge in [-0.05, 0) is 29.3 Å². The van der Waals surface area contributed by atoms with E-state index in [2.05, 4.69) is 22.0 Å². The number of hydroxylamine groups is 2. The zero-order valence-corrected chi connectivity index (χ0v) is 23.3. The summed E-state index contributed by atoms with van der Waals surface area (Å²) in [5.41, 5.74) is 0. The molecule has 0 spiro atoms. The highest BCUT2D eigenvalue weighted by molar-refractivity contribution is 8.68. The fourth-order valence-corrected chi connectivity index (χ4v) is 3.27. The first-order valence-corrected chi connectivity index (χ1v) is 14.2. The van der Waals surface area contributed by atoms with Gasteiger partial charge < -0.3 is 29.1 Å². The van der Waals surface area contributed by atoms with Crippen LogP contribution in [-0.2, 0) is 43.0 Å². The molecule has 14 heteroatoms. The van der Waals surface area contributed by atoms with Crippen LogP contribution in [0.25, 0.3) is 0 Å². The molecule has 0 radical (unpaired) electrons. The van der Waals surface area contributed by atoms with E-state index in [4.69, 9.17) is 23.8 Å². The number of rotatable bonds is 19. The number of imide groups is 1. The lowest BCUT2D eigenvalue weighted by Crippen LogP contribution is -2.32. The SMILES string of the molecule is CCCC(=O)NCCOCCOCCOCCOCCC(=O)ON1C(=O)CCC1=O.SSc1ccccn1. The second-order valence-electron chi connectivity index (χ2n) is 7.60. The Hall–Kier alpha value is -2.23. The van der Waals surface area contributed by atoms with Crippen LogP contribution in [0.4, 0.5) is 0 Å². The van der Waals surface area contributed by atoms with E-state index in [1.807, 2.05) is 25.1 Å². The van der Waals surface area contributed by atoms with E-state index in [0.29, 0.717) is 64.3 Å². The van der Waals surface area contributed by atoms with Crippen molar-refractivity contribution in [2.24, 2.45) is 0 Å². The number of nitrogens with zero attached hydrogens (tertiary/aromatic N) is 2. The average Bonchev–Trinajstić information content (AvgIpc) is 3.24. The fourth-order valence-electron chi connectivity index (χ4n) is 2.70. The smallest absolute Gasteiger partial charge is 0.335 e. The minimum absolute atomic E-state index is 0.0356. The average molecular weight is 576 g/mol. The molecule has 0 aliphatic carbocycles. The molecule has 3 amide bonds. The van der Waals surface area contributed by atoms with Gasteiger partial charge in [0.25, 0.3) is 11.8 Å². The molecule has 12 nitrogen and oxygen atoms in total. The van der Waals surface area contributed by atoms with E-state index >= 15 is 0 Å². The minimum Gasteiger partial charge on any atom is -0.378 e. The number of nitrogens with one attached hydrogen (secondary N) is 1. The van der Waals surface area contributed by atoms with Gasteiger partial charge in [-0.1, -0.05) is 13.0 Å². The summed E-state index contributed by atoms with van der Waals surface area (Å²) in [6.07, 6.45) is 3.17. The zero-order chi connectivity index (χ0) is 27.8. The molecule has 2 heterocycles. The third kappa shape index (κ3) is 17.3. The summed E-state index contributed by atoms with van der Waals surface area (Å²) in [5, 5.41) is 4.21. The first-order valence-electron chi connectivity index (χ1n) is 12.3. The molecule has 1 aromatic rings. The molecule has 1 aliphatic rings. The van der Waals surface area contributed by atoms with Crippen LogP contribution >= 0.6 is 22.5 Å². The van der Waals surface area contributed by atoms with Gasteiger partial charge in [-0.3, -0.25) is 14.4 Å². The molecule has 214 valence electrons. The molecule has 38 heavy (non-hydrogen) atoms. The molecular formula is C24H37N3O9S2. The Bertz CT molecular complexity index is 803. The van der Waals surface area contributed by atoms with Gasteiger partial charge in [0, 0.05) is 32.0 Å². The van der Waals surface area contributed by atoms with Gasteiger partial charge in [0.1, 0.15) is 5.03 Å². The third-order valence-electron chi connectivity index (χ3n) is 4.54. The maximum absolute atomic E-state index is 11.5. The van der Waals surface area contributed by atoms with Gasteiger partial charge in [0.15, 0.2) is 0 Å². The Labute approximate surface area is 232 Å². The van der Waals surface area contributed by atoms with Crippen molar-refractivity contribution in [2.75, 3.05) is 59.4 Å². The molecule has 1 N–H and O–H groups in total. The summed E-state index contributed by atoms with van der Waals surface area (Å²) in [5.74, 6) is -1.67. The summed E-state index contributed by atoms with van der Waals surface area (Å²) in [6.45, 7) is 5.33. The van der Waals surface area contributed by atoms with Crippen molar-refractivity contribution < 1.29 is 43.0 Å². The molecule has 1 saturated heterocycles. The number of hydrogen-bond acceptors (Lipinski definition) is 12. The summed E-state index contributed by atoms with van der Waals surface area (Å²) in [7, 11) is 1.35. The molecule has 1 aromatic heterocycles. The van der Waals surface area contributed by atoms with Crippen LogP contribution in [-0.4, -0.2) is 93.1 Å². The van der Waals surface area contributed by atoms with E-state index in [9.17, 15) is 19.2 Å². The number of carbonyl (C=O) groups excluding carboxylic acids is 4. The van der Waals surface area contributed by atoms with Gasteiger partial charge >= 0.3 is 5.97 Å². The lowest BCUT2D eigenvalue weighted by atomic mass is 10.3. The third-order valence-corrected chi connectivity index (χ3v) is 5.53. The van der Waals surface area contributed by atoms with E-state index in [-0.39, 0.29) is 31.8 Å². The van der Waals surface area contributed by atoms with E-state index in [1.54, 1.807) is 6.20 Å². The quantitative estimate of drug-likeness (QED) is 0.108. The summed E-state index contributed by atoms with van der Waals surface area (Å²) >= 11 is 3.96. The number of ether oxygens (including phenoxy) is 4. The zero-order valence-electron chi connectivity index (χ0n) is 21.6. The highest BCUT2D eigenvalue weighted by Gasteiger charge is 2.32. The first kappa shape index (κ1) is 33.8. The number of thiol groups is 1. The van der Waals surface area contributed by atoms with Gasteiger partial charge in [-0.25, -0.2) is 9.78 Å². The predicted octanol–water partition coefficient (Wildman–Crippen LogP) is 1.98. The van der Waals surface area contributed by atoms with Crippen molar-refractivity contribution in [2.45, 2.75) is 44.1 Å². The molecule has 0 saturated carbocycles. The topological polar surface area (TPSA) is 143 Å². The van der Waals surface area contributed by atoms with Crippen LogP contribution in [0.15, 0.2) is 29.4 Å². The van der Waals surface area contributed by atoms with Crippen LogP contribution in [0.2, 0.25) is 0 Å². The van der Waals surface area contributed by atoms with E-state index in [1.165, 1.54) is 10.8 Å². The highest BCUT2D eigenvalue weighted by atomic mass is 33.1. The number of pyridine rings is 1. The normalized spacial score (nSPS) is 12.7. The van der Waals surface area contributed by atoms with Crippen LogP contribution < -0.4 is 5.32 Å². The Morgan fingerprint density at radius 1 is 0.921 bits per heavy atom. The van der Waals surface area contributed by atoms with Gasteiger partial charge in [-0.2, -0.15) is 0 Å². The van der Waals surface area contributed by atoms with Gasteiger partial charge in [0.2, 0.25) is 5.91 Å². The largest absolute Gasteiger partial charge is 0.378 e. The maximum Gasteiger partial charge on any atom is 0.335 e. The fraction of sp³-hybridized carbons (Fsp3) is 0.625. The Balaban J connectivity index is 0.000000763. The predicted molar refractivity (Wildman–Crippen MR) is 142 cm³/mol. The first-order chi connectivity index (χ1) is 18.5. The monoisotopic (exact) mass is 575 g/mol. The Kier molecular flexibility index (Phi) is 20.2. The molecule has 0 atom stereocenters. The van der Waals surface area contributed by atoms with Crippen molar-refractivity contribution in [3.05, 3.63) is 24.4 Å². The number of amides is 3. The second kappa shape index (κ2) is 22.7. The summed E-state index contributed by atoms with van der Waals surface area (Å²) < 4.78 is 21.2. The summed E-state index contributed by atoms with van der Waals surface area (Å²) in [4.78, 5) is 54.1. The number of aromatic nitrogens is 1. The van der Waals surface area contributed by atoms with Crippen molar-refractivity contribution >= 4 is 46.1 Å². The van der Waals surface area contributed by atoms with Gasteiger partial charge in [0.05, 0.1) is 59.3 Å². The van der Waals surface area contributed by atoms with E-state index < -0.39 is 17.8 Å². The molecule has 1 aliphatic heterocycles. The molecule has 0 aromatic carbocycles. The molecule has 0 bridgehead atoms. The van der Waals surface area contributed by atoms with Crippen molar-refractivity contribution in [1.82, 2.24) is 15.4 Å². The lowest BCUT2D eigenvalue weighted by molar-refractivity contribution is -0.198. The number of hydrogen-bond donors (Lipinski definition) is 2. The van der Waals surface area contributed by atoms with Crippen molar-refractivity contribution in [3.63, 3.8) is 0 Å².